The van der Waals surface area contributed by atoms with Crippen LogP contribution in [0.1, 0.15) is 10.4 Å². The highest BCUT2D eigenvalue weighted by Crippen LogP contribution is 2.27. The number of rotatable bonds is 7. The van der Waals surface area contributed by atoms with Crippen LogP contribution in [0, 0.1) is 0 Å². The lowest BCUT2D eigenvalue weighted by Gasteiger charge is -2.28. The fraction of sp³-hybridized carbons (Fsp3) is 0.400. The van der Waals surface area contributed by atoms with E-state index in [0.717, 1.165) is 29.9 Å². The van der Waals surface area contributed by atoms with Gasteiger partial charge in [0.1, 0.15) is 11.6 Å². The molecular formula is C20H24N6O3S. The number of nitrogens with zero attached hydrogens (tertiary/aromatic N) is 5. The van der Waals surface area contributed by atoms with Gasteiger partial charge in [0.05, 0.1) is 38.5 Å². The van der Waals surface area contributed by atoms with Crippen molar-refractivity contribution in [3.8, 4) is 5.75 Å². The number of amides is 1. The predicted octanol–water partition coefficient (Wildman–Crippen LogP) is 1.82. The Balaban J connectivity index is 1.49. The summed E-state index contributed by atoms with van der Waals surface area (Å²) in [6.07, 6.45) is 3.76. The van der Waals surface area contributed by atoms with Crippen molar-refractivity contribution in [2.75, 3.05) is 51.1 Å². The summed E-state index contributed by atoms with van der Waals surface area (Å²) in [4.78, 5) is 24.0. The van der Waals surface area contributed by atoms with Crippen molar-refractivity contribution in [3.63, 3.8) is 0 Å². The van der Waals surface area contributed by atoms with Gasteiger partial charge >= 0.3 is 0 Å². The molecule has 0 atom stereocenters. The first-order valence-electron chi connectivity index (χ1n) is 9.72. The van der Waals surface area contributed by atoms with Crippen LogP contribution in [0.2, 0.25) is 0 Å². The number of methoxy groups -OCH3 is 1. The highest BCUT2D eigenvalue weighted by molar-refractivity contribution is 7.98. The molecule has 3 heterocycles. The molecule has 0 spiro atoms. The van der Waals surface area contributed by atoms with Crippen LogP contribution in [0.4, 0.5) is 5.82 Å². The molecule has 1 fully saturated rings. The number of hydrogen-bond acceptors (Lipinski definition) is 8. The van der Waals surface area contributed by atoms with Gasteiger partial charge in [0.15, 0.2) is 10.8 Å². The second-order valence-corrected chi connectivity index (χ2v) is 7.50. The second kappa shape index (κ2) is 9.31. The molecule has 30 heavy (non-hydrogen) atoms. The van der Waals surface area contributed by atoms with E-state index in [9.17, 15) is 4.79 Å². The molecule has 1 aliphatic heterocycles. The average molecular weight is 429 g/mol. The number of carbonyl (C=O) groups excluding carboxylic acids is 1. The first-order chi connectivity index (χ1) is 14.7. The Hall–Kier alpha value is -2.85. The van der Waals surface area contributed by atoms with Gasteiger partial charge in [0, 0.05) is 25.2 Å². The maximum Gasteiger partial charge on any atom is 0.251 e. The standard InChI is InChI=1S/C20H24N6O3S/c1-28-15-5-3-4-14(12-15)19(27)21-6-7-26-18-16(13-22-26)17(23-20(24-18)30-2)25-8-10-29-11-9-25/h3-5,12-13H,6-11H2,1-2H3,(H,21,27). The first-order valence-corrected chi connectivity index (χ1v) is 10.9. The summed E-state index contributed by atoms with van der Waals surface area (Å²) in [5.41, 5.74) is 1.33. The van der Waals surface area contributed by atoms with E-state index in [0.29, 0.717) is 42.8 Å². The number of anilines is 1. The normalized spacial score (nSPS) is 14.1. The van der Waals surface area contributed by atoms with E-state index in [4.69, 9.17) is 14.5 Å². The molecule has 0 radical (unpaired) electrons. The van der Waals surface area contributed by atoms with Gasteiger partial charge in [-0.3, -0.25) is 4.79 Å². The van der Waals surface area contributed by atoms with Crippen LogP contribution in [-0.4, -0.2) is 71.9 Å². The number of hydrogen-bond donors (Lipinski definition) is 1. The van der Waals surface area contributed by atoms with Gasteiger partial charge in [-0.25, -0.2) is 14.6 Å². The zero-order valence-electron chi connectivity index (χ0n) is 17.0. The lowest BCUT2D eigenvalue weighted by atomic mass is 10.2. The van der Waals surface area contributed by atoms with Crippen molar-refractivity contribution in [1.29, 1.82) is 0 Å². The molecule has 4 rings (SSSR count). The molecule has 3 aromatic rings. The highest BCUT2D eigenvalue weighted by Gasteiger charge is 2.20. The van der Waals surface area contributed by atoms with Gasteiger partial charge in [-0.1, -0.05) is 17.8 Å². The summed E-state index contributed by atoms with van der Waals surface area (Å²) < 4.78 is 12.5. The van der Waals surface area contributed by atoms with Crippen molar-refractivity contribution in [1.82, 2.24) is 25.1 Å². The van der Waals surface area contributed by atoms with E-state index < -0.39 is 0 Å². The maximum atomic E-state index is 12.4. The van der Waals surface area contributed by atoms with E-state index in [1.165, 1.54) is 11.8 Å². The summed E-state index contributed by atoms with van der Waals surface area (Å²) in [5.74, 6) is 1.38. The zero-order chi connectivity index (χ0) is 20.9. The summed E-state index contributed by atoms with van der Waals surface area (Å²) in [6.45, 7) is 3.89. The number of nitrogens with one attached hydrogen (secondary N) is 1. The Morgan fingerprint density at radius 3 is 2.90 bits per heavy atom. The van der Waals surface area contributed by atoms with Gasteiger partial charge in [-0.2, -0.15) is 5.10 Å². The van der Waals surface area contributed by atoms with Gasteiger partial charge in [-0.05, 0) is 24.5 Å². The maximum absolute atomic E-state index is 12.4. The van der Waals surface area contributed by atoms with Crippen molar-refractivity contribution < 1.29 is 14.3 Å². The third-order valence-electron chi connectivity index (χ3n) is 4.89. The Bertz CT molecular complexity index is 1030. The minimum atomic E-state index is -0.154. The average Bonchev–Trinajstić information content (AvgIpc) is 3.21. The number of aromatic nitrogens is 4. The summed E-state index contributed by atoms with van der Waals surface area (Å²) >= 11 is 1.50. The Kier molecular flexibility index (Phi) is 6.34. The van der Waals surface area contributed by atoms with Crippen LogP contribution in [-0.2, 0) is 11.3 Å². The summed E-state index contributed by atoms with van der Waals surface area (Å²) in [5, 5.41) is 9.04. The fourth-order valence-corrected chi connectivity index (χ4v) is 3.69. The molecule has 9 nitrogen and oxygen atoms in total. The molecule has 0 bridgehead atoms. The fourth-order valence-electron chi connectivity index (χ4n) is 3.33. The van der Waals surface area contributed by atoms with E-state index in [2.05, 4.69) is 20.3 Å². The van der Waals surface area contributed by atoms with Crippen LogP contribution in [0.15, 0.2) is 35.6 Å². The molecule has 2 aromatic heterocycles. The summed E-state index contributed by atoms with van der Waals surface area (Å²) in [6, 6.07) is 7.07. The molecule has 158 valence electrons. The predicted molar refractivity (Wildman–Crippen MR) is 115 cm³/mol. The van der Waals surface area contributed by atoms with Crippen LogP contribution >= 0.6 is 11.8 Å². The molecule has 1 aliphatic rings. The third kappa shape index (κ3) is 4.34. The second-order valence-electron chi connectivity index (χ2n) is 6.73. The lowest BCUT2D eigenvalue weighted by Crippen LogP contribution is -2.37. The molecule has 0 saturated carbocycles. The molecule has 0 unspecified atom stereocenters. The molecular weight excluding hydrogens is 404 g/mol. The number of morpholine rings is 1. The van der Waals surface area contributed by atoms with Crippen molar-refractivity contribution in [2.24, 2.45) is 0 Å². The monoisotopic (exact) mass is 428 g/mol. The minimum Gasteiger partial charge on any atom is -0.497 e. The molecule has 1 saturated heterocycles. The number of thioether (sulfide) groups is 1. The van der Waals surface area contributed by atoms with Crippen LogP contribution < -0.4 is 15.0 Å². The Labute approximate surface area is 178 Å². The van der Waals surface area contributed by atoms with E-state index in [-0.39, 0.29) is 5.91 Å². The Morgan fingerprint density at radius 2 is 2.13 bits per heavy atom. The van der Waals surface area contributed by atoms with Gasteiger partial charge in [0.2, 0.25) is 0 Å². The topological polar surface area (TPSA) is 94.4 Å². The minimum absolute atomic E-state index is 0.154. The van der Waals surface area contributed by atoms with Gasteiger partial charge in [0.25, 0.3) is 5.91 Å². The van der Waals surface area contributed by atoms with Crippen molar-refractivity contribution in [3.05, 3.63) is 36.0 Å². The first kappa shape index (κ1) is 20.4. The molecule has 1 aromatic carbocycles. The number of ether oxygens (including phenoxy) is 2. The van der Waals surface area contributed by atoms with Crippen LogP contribution in [0.3, 0.4) is 0 Å². The molecule has 1 N–H and O–H groups in total. The zero-order valence-corrected chi connectivity index (χ0v) is 17.8. The van der Waals surface area contributed by atoms with Crippen molar-refractivity contribution >= 4 is 34.5 Å². The third-order valence-corrected chi connectivity index (χ3v) is 5.44. The number of benzene rings is 1. The highest BCUT2D eigenvalue weighted by atomic mass is 32.2. The summed E-state index contributed by atoms with van der Waals surface area (Å²) in [7, 11) is 1.58. The number of fused-ring (bicyclic) bond motifs is 1. The lowest BCUT2D eigenvalue weighted by molar-refractivity contribution is 0.0951. The molecule has 0 aliphatic carbocycles. The largest absolute Gasteiger partial charge is 0.497 e. The molecule has 10 heteroatoms. The SMILES string of the molecule is COc1cccc(C(=O)NCCn2ncc3c(N4CCOCC4)nc(SC)nc32)c1. The van der Waals surface area contributed by atoms with Gasteiger partial charge < -0.3 is 19.7 Å². The number of carbonyl (C=O) groups is 1. The van der Waals surface area contributed by atoms with Crippen LogP contribution in [0.25, 0.3) is 11.0 Å². The van der Waals surface area contributed by atoms with E-state index in [1.807, 2.05) is 17.0 Å². The quantitative estimate of drug-likeness (QED) is 0.450. The van der Waals surface area contributed by atoms with Gasteiger partial charge in [-0.15, -0.1) is 0 Å². The smallest absolute Gasteiger partial charge is 0.251 e. The molecule has 1 amide bonds. The van der Waals surface area contributed by atoms with Crippen molar-refractivity contribution in [2.45, 2.75) is 11.7 Å². The van der Waals surface area contributed by atoms with E-state index >= 15 is 0 Å². The Morgan fingerprint density at radius 1 is 1.30 bits per heavy atom. The van der Waals surface area contributed by atoms with Crippen LogP contribution in [0.5, 0.6) is 5.75 Å². The van der Waals surface area contributed by atoms with E-state index in [1.54, 1.807) is 31.5 Å².